The third-order valence-electron chi connectivity index (χ3n) is 2.53. The van der Waals surface area contributed by atoms with Crippen LogP contribution in [0, 0.1) is 0 Å². The normalized spacial score (nSPS) is 9.85. The fourth-order valence-electron chi connectivity index (χ4n) is 1.56. The Bertz CT molecular complexity index is 541. The first-order chi connectivity index (χ1) is 9.78. The average molecular weight is 271 g/mol. The minimum absolute atomic E-state index is 0.199. The Morgan fingerprint density at radius 1 is 1.10 bits per heavy atom. The van der Waals surface area contributed by atoms with Crippen molar-refractivity contribution >= 4 is 11.7 Å². The topological polar surface area (TPSA) is 63.2 Å². The summed E-state index contributed by atoms with van der Waals surface area (Å²) in [5.74, 6) is 1.43. The fraction of sp³-hybridized carbons (Fsp3) is 0.200. The number of pyridine rings is 1. The predicted molar refractivity (Wildman–Crippen MR) is 78.1 cm³/mol. The van der Waals surface area contributed by atoms with E-state index >= 15 is 0 Å². The maximum absolute atomic E-state index is 11.5. The molecule has 104 valence electrons. The van der Waals surface area contributed by atoms with Crippen molar-refractivity contribution in [3.63, 3.8) is 0 Å². The van der Waals surface area contributed by atoms with Crippen LogP contribution in [0.4, 0.5) is 10.5 Å². The fourth-order valence-corrected chi connectivity index (χ4v) is 1.56. The van der Waals surface area contributed by atoms with Crippen LogP contribution in [0.1, 0.15) is 13.3 Å². The van der Waals surface area contributed by atoms with Gasteiger partial charge in [-0.25, -0.2) is 4.79 Å². The van der Waals surface area contributed by atoms with Gasteiger partial charge in [0.2, 0.25) is 0 Å². The van der Waals surface area contributed by atoms with Crippen LogP contribution in [0.5, 0.6) is 11.5 Å². The molecular formula is C15H17N3O2. The van der Waals surface area contributed by atoms with E-state index in [1.54, 1.807) is 48.8 Å². The van der Waals surface area contributed by atoms with Crippen LogP contribution in [-0.2, 0) is 0 Å². The van der Waals surface area contributed by atoms with Crippen LogP contribution >= 0.6 is 0 Å². The molecule has 0 aliphatic heterocycles. The Morgan fingerprint density at radius 2 is 1.75 bits per heavy atom. The number of carbonyl (C=O) groups is 1. The van der Waals surface area contributed by atoms with Gasteiger partial charge in [-0.05, 0) is 42.8 Å². The number of benzene rings is 1. The lowest BCUT2D eigenvalue weighted by molar-refractivity contribution is 0.252. The predicted octanol–water partition coefficient (Wildman–Crippen LogP) is 3.41. The first-order valence-electron chi connectivity index (χ1n) is 6.50. The number of urea groups is 1. The number of nitrogens with zero attached hydrogens (tertiary/aromatic N) is 1. The molecule has 20 heavy (non-hydrogen) atoms. The molecule has 5 nitrogen and oxygen atoms in total. The Balaban J connectivity index is 1.91. The van der Waals surface area contributed by atoms with Gasteiger partial charge in [0.1, 0.15) is 11.5 Å². The Hall–Kier alpha value is -2.56. The second kappa shape index (κ2) is 7.13. The van der Waals surface area contributed by atoms with E-state index in [9.17, 15) is 4.79 Å². The molecule has 0 fully saturated rings. The number of nitrogens with one attached hydrogen (secondary N) is 2. The SMILES string of the molecule is CCCNC(=O)Nc1ccc(Oc2ccncc2)cc1. The first kappa shape index (κ1) is 13.9. The molecule has 0 aliphatic rings. The second-order valence-electron chi connectivity index (χ2n) is 4.19. The Labute approximate surface area is 118 Å². The molecule has 0 saturated heterocycles. The van der Waals surface area contributed by atoms with Gasteiger partial charge in [0.25, 0.3) is 0 Å². The number of carbonyl (C=O) groups excluding carboxylic acids is 1. The molecule has 2 amide bonds. The molecule has 0 spiro atoms. The van der Waals surface area contributed by atoms with Crippen molar-refractivity contribution in [2.24, 2.45) is 0 Å². The number of rotatable bonds is 5. The van der Waals surface area contributed by atoms with Gasteiger partial charge >= 0.3 is 6.03 Å². The summed E-state index contributed by atoms with van der Waals surface area (Å²) in [6.07, 6.45) is 4.25. The summed E-state index contributed by atoms with van der Waals surface area (Å²) in [5, 5.41) is 5.50. The van der Waals surface area contributed by atoms with E-state index < -0.39 is 0 Å². The molecule has 2 N–H and O–H groups in total. The van der Waals surface area contributed by atoms with Crippen molar-refractivity contribution in [2.45, 2.75) is 13.3 Å². The highest BCUT2D eigenvalue weighted by molar-refractivity contribution is 5.89. The van der Waals surface area contributed by atoms with Crippen molar-refractivity contribution < 1.29 is 9.53 Å². The van der Waals surface area contributed by atoms with Gasteiger partial charge in [0, 0.05) is 24.6 Å². The molecule has 2 rings (SSSR count). The molecule has 1 heterocycles. The molecule has 0 saturated carbocycles. The minimum atomic E-state index is -0.199. The lowest BCUT2D eigenvalue weighted by Gasteiger charge is -2.08. The summed E-state index contributed by atoms with van der Waals surface area (Å²) >= 11 is 0. The first-order valence-corrected chi connectivity index (χ1v) is 6.50. The largest absolute Gasteiger partial charge is 0.457 e. The van der Waals surface area contributed by atoms with Crippen molar-refractivity contribution in [3.8, 4) is 11.5 Å². The zero-order valence-electron chi connectivity index (χ0n) is 11.3. The van der Waals surface area contributed by atoms with Gasteiger partial charge in [-0.2, -0.15) is 0 Å². The molecule has 0 bridgehead atoms. The summed E-state index contributed by atoms with van der Waals surface area (Å²) in [6, 6.07) is 10.6. The van der Waals surface area contributed by atoms with Crippen molar-refractivity contribution in [3.05, 3.63) is 48.8 Å². The monoisotopic (exact) mass is 271 g/mol. The van der Waals surface area contributed by atoms with Crippen LogP contribution < -0.4 is 15.4 Å². The summed E-state index contributed by atoms with van der Waals surface area (Å²) in [4.78, 5) is 15.4. The summed E-state index contributed by atoms with van der Waals surface area (Å²) < 4.78 is 5.63. The van der Waals surface area contributed by atoms with E-state index in [2.05, 4.69) is 15.6 Å². The number of anilines is 1. The molecule has 0 atom stereocenters. The number of aromatic nitrogens is 1. The lowest BCUT2D eigenvalue weighted by atomic mass is 10.3. The van der Waals surface area contributed by atoms with Crippen LogP contribution in [0.15, 0.2) is 48.8 Å². The van der Waals surface area contributed by atoms with Crippen molar-refractivity contribution in [2.75, 3.05) is 11.9 Å². The zero-order valence-corrected chi connectivity index (χ0v) is 11.3. The molecule has 5 heteroatoms. The molecule has 2 aromatic rings. The average Bonchev–Trinajstić information content (AvgIpc) is 2.48. The quantitative estimate of drug-likeness (QED) is 0.876. The van der Waals surface area contributed by atoms with Gasteiger partial charge in [-0.3, -0.25) is 4.98 Å². The van der Waals surface area contributed by atoms with E-state index in [0.717, 1.165) is 17.9 Å². The Kier molecular flexibility index (Phi) is 4.94. The molecule has 1 aromatic carbocycles. The zero-order chi connectivity index (χ0) is 14.2. The van der Waals surface area contributed by atoms with Crippen molar-refractivity contribution in [1.82, 2.24) is 10.3 Å². The second-order valence-corrected chi connectivity index (χ2v) is 4.19. The third kappa shape index (κ3) is 4.28. The van der Waals surface area contributed by atoms with Crippen molar-refractivity contribution in [1.29, 1.82) is 0 Å². The molecule has 0 unspecified atom stereocenters. The smallest absolute Gasteiger partial charge is 0.319 e. The van der Waals surface area contributed by atoms with E-state index in [-0.39, 0.29) is 6.03 Å². The number of amides is 2. The van der Waals surface area contributed by atoms with Gasteiger partial charge < -0.3 is 15.4 Å². The molecular weight excluding hydrogens is 254 g/mol. The van der Waals surface area contributed by atoms with Gasteiger partial charge in [0.05, 0.1) is 0 Å². The highest BCUT2D eigenvalue weighted by Gasteiger charge is 2.01. The standard InChI is InChI=1S/C15H17N3O2/c1-2-9-17-15(19)18-12-3-5-13(6-4-12)20-14-7-10-16-11-8-14/h3-8,10-11H,2,9H2,1H3,(H2,17,18,19). The number of ether oxygens (including phenoxy) is 1. The molecule has 0 aliphatic carbocycles. The van der Waals surface area contributed by atoms with Crippen LogP contribution in [0.3, 0.4) is 0 Å². The van der Waals surface area contributed by atoms with Gasteiger partial charge in [-0.1, -0.05) is 6.92 Å². The van der Waals surface area contributed by atoms with Crippen LogP contribution in [0.2, 0.25) is 0 Å². The number of hydrogen-bond donors (Lipinski definition) is 2. The third-order valence-corrected chi connectivity index (χ3v) is 2.53. The van der Waals surface area contributed by atoms with E-state index in [1.165, 1.54) is 0 Å². The number of hydrogen-bond acceptors (Lipinski definition) is 3. The summed E-state index contributed by atoms with van der Waals surface area (Å²) in [7, 11) is 0. The lowest BCUT2D eigenvalue weighted by Crippen LogP contribution is -2.29. The van der Waals surface area contributed by atoms with Crippen LogP contribution in [-0.4, -0.2) is 17.6 Å². The molecule has 1 aromatic heterocycles. The van der Waals surface area contributed by atoms with Crippen LogP contribution in [0.25, 0.3) is 0 Å². The molecule has 0 radical (unpaired) electrons. The minimum Gasteiger partial charge on any atom is -0.457 e. The Morgan fingerprint density at radius 3 is 2.40 bits per heavy atom. The highest BCUT2D eigenvalue weighted by Crippen LogP contribution is 2.22. The van der Waals surface area contributed by atoms with E-state index in [4.69, 9.17) is 4.74 Å². The summed E-state index contributed by atoms with van der Waals surface area (Å²) in [6.45, 7) is 2.67. The maximum Gasteiger partial charge on any atom is 0.319 e. The summed E-state index contributed by atoms with van der Waals surface area (Å²) in [5.41, 5.74) is 0.723. The van der Waals surface area contributed by atoms with Gasteiger partial charge in [-0.15, -0.1) is 0 Å². The highest BCUT2D eigenvalue weighted by atomic mass is 16.5. The maximum atomic E-state index is 11.5. The van der Waals surface area contributed by atoms with E-state index in [0.29, 0.717) is 12.3 Å². The van der Waals surface area contributed by atoms with Gasteiger partial charge in [0.15, 0.2) is 0 Å². The van der Waals surface area contributed by atoms with E-state index in [1.807, 2.05) is 6.92 Å².